The van der Waals surface area contributed by atoms with E-state index in [4.69, 9.17) is 4.74 Å². The number of ether oxygens (including phenoxy) is 1. The van der Waals surface area contributed by atoms with Gasteiger partial charge in [0.05, 0.1) is 11.5 Å². The SMILES string of the molecule is CCCCOc1ccc(S(=O)(=O)NCCNc2cc(N3CCCC3)ncn2)cc1. The van der Waals surface area contributed by atoms with Crippen LogP contribution in [0.5, 0.6) is 5.75 Å². The summed E-state index contributed by atoms with van der Waals surface area (Å²) < 4.78 is 33.0. The standard InChI is InChI=1S/C20H29N5O3S/c1-2-3-14-28-17-6-8-18(9-7-17)29(26,27)24-11-10-21-19-15-20(23-16-22-19)25-12-4-5-13-25/h6-9,15-16,24H,2-5,10-14H2,1H3,(H,21,22,23). The van der Waals surface area contributed by atoms with Crippen LogP contribution in [0.3, 0.4) is 0 Å². The van der Waals surface area contributed by atoms with Gasteiger partial charge in [-0.2, -0.15) is 0 Å². The van der Waals surface area contributed by atoms with Crippen LogP contribution in [0.25, 0.3) is 0 Å². The van der Waals surface area contributed by atoms with Crippen molar-refractivity contribution in [2.75, 3.05) is 43.0 Å². The second kappa shape index (κ2) is 10.4. The summed E-state index contributed by atoms with van der Waals surface area (Å²) in [6.45, 7) is 5.43. The maximum Gasteiger partial charge on any atom is 0.240 e. The van der Waals surface area contributed by atoms with E-state index in [1.54, 1.807) is 24.3 Å². The van der Waals surface area contributed by atoms with Crippen molar-refractivity contribution >= 4 is 21.7 Å². The van der Waals surface area contributed by atoms with E-state index in [2.05, 4.69) is 31.8 Å². The number of nitrogens with zero attached hydrogens (tertiary/aromatic N) is 3. The van der Waals surface area contributed by atoms with E-state index in [1.807, 2.05) is 6.07 Å². The number of rotatable bonds is 11. The third-order valence-corrected chi connectivity index (χ3v) is 6.18. The number of anilines is 2. The molecule has 0 spiro atoms. The molecule has 3 rings (SSSR count). The van der Waals surface area contributed by atoms with Crippen molar-refractivity contribution in [1.29, 1.82) is 0 Å². The molecule has 0 amide bonds. The van der Waals surface area contributed by atoms with Gasteiger partial charge in [-0.3, -0.25) is 0 Å². The Bertz CT molecular complexity index is 868. The maximum absolute atomic E-state index is 12.4. The Morgan fingerprint density at radius 1 is 1.10 bits per heavy atom. The minimum atomic E-state index is -3.56. The Labute approximate surface area is 172 Å². The van der Waals surface area contributed by atoms with E-state index in [9.17, 15) is 8.42 Å². The molecular formula is C20H29N5O3S. The quantitative estimate of drug-likeness (QED) is 0.541. The Hall–Kier alpha value is -2.39. The summed E-state index contributed by atoms with van der Waals surface area (Å²) in [5.41, 5.74) is 0. The zero-order valence-corrected chi connectivity index (χ0v) is 17.6. The van der Waals surface area contributed by atoms with Gasteiger partial charge in [0, 0.05) is 32.2 Å². The lowest BCUT2D eigenvalue weighted by molar-refractivity contribution is 0.309. The first-order valence-electron chi connectivity index (χ1n) is 10.1. The number of hydrogen-bond donors (Lipinski definition) is 2. The van der Waals surface area contributed by atoms with E-state index in [0.29, 0.717) is 24.7 Å². The summed E-state index contributed by atoms with van der Waals surface area (Å²) in [4.78, 5) is 11.0. The Morgan fingerprint density at radius 3 is 2.59 bits per heavy atom. The molecule has 1 aromatic carbocycles. The first-order valence-corrected chi connectivity index (χ1v) is 11.6. The molecule has 0 unspecified atom stereocenters. The van der Waals surface area contributed by atoms with Gasteiger partial charge < -0.3 is 15.0 Å². The van der Waals surface area contributed by atoms with Crippen molar-refractivity contribution in [2.24, 2.45) is 0 Å². The summed E-state index contributed by atoms with van der Waals surface area (Å²) in [6.07, 6.45) is 5.92. The van der Waals surface area contributed by atoms with Gasteiger partial charge in [-0.15, -0.1) is 0 Å². The normalized spacial score (nSPS) is 14.2. The monoisotopic (exact) mass is 419 g/mol. The fourth-order valence-corrected chi connectivity index (χ4v) is 4.10. The lowest BCUT2D eigenvalue weighted by Crippen LogP contribution is -2.29. The van der Waals surface area contributed by atoms with E-state index < -0.39 is 10.0 Å². The molecule has 0 radical (unpaired) electrons. The molecule has 29 heavy (non-hydrogen) atoms. The first-order chi connectivity index (χ1) is 14.1. The highest BCUT2D eigenvalue weighted by atomic mass is 32.2. The summed E-state index contributed by atoms with van der Waals surface area (Å²) in [5.74, 6) is 2.27. The van der Waals surface area contributed by atoms with E-state index in [-0.39, 0.29) is 11.4 Å². The van der Waals surface area contributed by atoms with Gasteiger partial charge in [-0.05, 0) is 43.5 Å². The molecule has 2 N–H and O–H groups in total. The molecule has 2 heterocycles. The molecule has 8 nitrogen and oxygen atoms in total. The molecule has 9 heteroatoms. The van der Waals surface area contributed by atoms with Crippen LogP contribution in [-0.2, 0) is 10.0 Å². The average Bonchev–Trinajstić information content (AvgIpc) is 3.27. The van der Waals surface area contributed by atoms with Gasteiger partial charge in [0.15, 0.2) is 0 Å². The van der Waals surface area contributed by atoms with Crippen molar-refractivity contribution in [1.82, 2.24) is 14.7 Å². The smallest absolute Gasteiger partial charge is 0.240 e. The Balaban J connectivity index is 1.46. The predicted molar refractivity (Wildman–Crippen MR) is 114 cm³/mol. The number of unbranched alkanes of at least 4 members (excludes halogenated alkanes) is 1. The van der Waals surface area contributed by atoms with Crippen molar-refractivity contribution in [3.05, 3.63) is 36.7 Å². The fourth-order valence-electron chi connectivity index (χ4n) is 3.07. The molecule has 2 aromatic rings. The van der Waals surface area contributed by atoms with E-state index in [1.165, 1.54) is 19.2 Å². The highest BCUT2D eigenvalue weighted by Crippen LogP contribution is 2.19. The zero-order valence-electron chi connectivity index (χ0n) is 16.8. The molecule has 1 aliphatic rings. The second-order valence-corrected chi connectivity index (χ2v) is 8.72. The number of nitrogens with one attached hydrogen (secondary N) is 2. The van der Waals surface area contributed by atoms with E-state index >= 15 is 0 Å². The van der Waals surface area contributed by atoms with Gasteiger partial charge in [-0.25, -0.2) is 23.1 Å². The minimum absolute atomic E-state index is 0.221. The Morgan fingerprint density at radius 2 is 1.86 bits per heavy atom. The van der Waals surface area contributed by atoms with Gasteiger partial charge in [-0.1, -0.05) is 13.3 Å². The summed E-state index contributed by atoms with van der Waals surface area (Å²) in [5, 5.41) is 3.15. The molecule has 1 aromatic heterocycles. The van der Waals surface area contributed by atoms with Crippen LogP contribution in [0.1, 0.15) is 32.6 Å². The minimum Gasteiger partial charge on any atom is -0.494 e. The molecule has 0 bridgehead atoms. The molecule has 0 saturated carbocycles. The van der Waals surface area contributed by atoms with Crippen LogP contribution in [0, 0.1) is 0 Å². The fraction of sp³-hybridized carbons (Fsp3) is 0.500. The van der Waals surface area contributed by atoms with Crippen LogP contribution < -0.4 is 19.7 Å². The Kier molecular flexibility index (Phi) is 7.65. The third kappa shape index (κ3) is 6.30. The first kappa shape index (κ1) is 21.3. The average molecular weight is 420 g/mol. The van der Waals surface area contributed by atoms with E-state index in [0.717, 1.165) is 31.7 Å². The molecule has 158 valence electrons. The number of sulfonamides is 1. The molecule has 1 aliphatic heterocycles. The van der Waals surface area contributed by atoms with Crippen LogP contribution in [0.2, 0.25) is 0 Å². The molecule has 1 fully saturated rings. The van der Waals surface area contributed by atoms with Crippen molar-refractivity contribution < 1.29 is 13.2 Å². The van der Waals surface area contributed by atoms with Gasteiger partial charge in [0.1, 0.15) is 23.7 Å². The second-order valence-electron chi connectivity index (χ2n) is 6.95. The molecule has 0 aliphatic carbocycles. The number of hydrogen-bond acceptors (Lipinski definition) is 7. The van der Waals surface area contributed by atoms with Gasteiger partial charge in [0.2, 0.25) is 10.0 Å². The molecular weight excluding hydrogens is 390 g/mol. The lowest BCUT2D eigenvalue weighted by Gasteiger charge is -2.16. The van der Waals surface area contributed by atoms with Crippen molar-refractivity contribution in [2.45, 2.75) is 37.5 Å². The maximum atomic E-state index is 12.4. The van der Waals surface area contributed by atoms with Crippen LogP contribution in [-0.4, -0.2) is 51.2 Å². The highest BCUT2D eigenvalue weighted by Gasteiger charge is 2.15. The summed E-state index contributed by atoms with van der Waals surface area (Å²) in [7, 11) is -3.56. The third-order valence-electron chi connectivity index (χ3n) is 4.71. The van der Waals surface area contributed by atoms with Crippen molar-refractivity contribution in [3.63, 3.8) is 0 Å². The van der Waals surface area contributed by atoms with Crippen LogP contribution in [0.15, 0.2) is 41.6 Å². The van der Waals surface area contributed by atoms with Crippen molar-refractivity contribution in [3.8, 4) is 5.75 Å². The predicted octanol–water partition coefficient (Wildman–Crippen LogP) is 2.65. The van der Waals surface area contributed by atoms with Gasteiger partial charge >= 0.3 is 0 Å². The summed E-state index contributed by atoms with van der Waals surface area (Å²) >= 11 is 0. The zero-order chi connectivity index (χ0) is 20.5. The highest BCUT2D eigenvalue weighted by molar-refractivity contribution is 7.89. The van der Waals surface area contributed by atoms with Gasteiger partial charge in [0.25, 0.3) is 0 Å². The largest absolute Gasteiger partial charge is 0.494 e. The number of benzene rings is 1. The lowest BCUT2D eigenvalue weighted by atomic mass is 10.3. The van der Waals surface area contributed by atoms with Crippen LogP contribution >= 0.6 is 0 Å². The molecule has 0 atom stereocenters. The topological polar surface area (TPSA) is 96.5 Å². The number of aromatic nitrogens is 2. The molecule has 1 saturated heterocycles. The van der Waals surface area contributed by atoms with Crippen LogP contribution in [0.4, 0.5) is 11.6 Å². The summed E-state index contributed by atoms with van der Waals surface area (Å²) in [6, 6.07) is 8.39.